The lowest BCUT2D eigenvalue weighted by molar-refractivity contribution is -0.0187. The van der Waals surface area contributed by atoms with E-state index in [1.165, 1.54) is 6.42 Å². The highest BCUT2D eigenvalue weighted by Gasteiger charge is 2.28. The molecule has 0 spiro atoms. The van der Waals surface area contributed by atoms with E-state index in [1.54, 1.807) is 0 Å². The zero-order valence-corrected chi connectivity index (χ0v) is 7.37. The first-order valence-corrected chi connectivity index (χ1v) is 4.85. The number of nitrogens with two attached hydrogens (primary N) is 1. The second-order valence-corrected chi connectivity index (χ2v) is 3.75. The predicted molar refractivity (Wildman–Crippen MR) is 45.9 cm³/mol. The molecule has 3 nitrogen and oxygen atoms in total. The zero-order valence-electron chi connectivity index (χ0n) is 7.37. The van der Waals surface area contributed by atoms with Gasteiger partial charge in [0.1, 0.15) is 0 Å². The Labute approximate surface area is 73.2 Å². The average Bonchev–Trinajstić information content (AvgIpc) is 2.65. The minimum atomic E-state index is 0.269. The van der Waals surface area contributed by atoms with Crippen LogP contribution in [0.3, 0.4) is 0 Å². The molecule has 0 aromatic carbocycles. The SMILES string of the molecule is NC1CCCC1OC1CCOC1. The van der Waals surface area contributed by atoms with Gasteiger partial charge in [-0.1, -0.05) is 0 Å². The van der Waals surface area contributed by atoms with Gasteiger partial charge in [-0.2, -0.15) is 0 Å². The highest BCUT2D eigenvalue weighted by atomic mass is 16.6. The van der Waals surface area contributed by atoms with Crippen molar-refractivity contribution in [1.29, 1.82) is 0 Å². The second-order valence-electron chi connectivity index (χ2n) is 3.75. The van der Waals surface area contributed by atoms with E-state index in [2.05, 4.69) is 0 Å². The van der Waals surface area contributed by atoms with Crippen LogP contribution in [-0.4, -0.2) is 31.5 Å². The molecule has 2 aliphatic rings. The standard InChI is InChI=1S/C9H17NO2/c10-8-2-1-3-9(8)12-7-4-5-11-6-7/h7-9H,1-6,10H2. The van der Waals surface area contributed by atoms with Crippen molar-refractivity contribution in [3.8, 4) is 0 Å². The molecule has 0 radical (unpaired) electrons. The molecular weight excluding hydrogens is 154 g/mol. The molecular formula is C9H17NO2. The van der Waals surface area contributed by atoms with E-state index < -0.39 is 0 Å². The smallest absolute Gasteiger partial charge is 0.0834 e. The fourth-order valence-electron chi connectivity index (χ4n) is 1.99. The van der Waals surface area contributed by atoms with Crippen molar-refractivity contribution in [2.75, 3.05) is 13.2 Å². The topological polar surface area (TPSA) is 44.5 Å². The third kappa shape index (κ3) is 1.79. The van der Waals surface area contributed by atoms with Crippen LogP contribution < -0.4 is 5.73 Å². The average molecular weight is 171 g/mol. The summed E-state index contributed by atoms with van der Waals surface area (Å²) in [7, 11) is 0. The summed E-state index contributed by atoms with van der Waals surface area (Å²) < 4.78 is 11.1. The zero-order chi connectivity index (χ0) is 8.39. The number of ether oxygens (including phenoxy) is 2. The number of rotatable bonds is 2. The Hall–Kier alpha value is -0.120. The summed E-state index contributed by atoms with van der Waals surface area (Å²) in [5.41, 5.74) is 5.89. The van der Waals surface area contributed by atoms with Crippen LogP contribution in [0, 0.1) is 0 Å². The summed E-state index contributed by atoms with van der Waals surface area (Å²) in [6, 6.07) is 0.269. The van der Waals surface area contributed by atoms with Crippen molar-refractivity contribution in [1.82, 2.24) is 0 Å². The van der Waals surface area contributed by atoms with Crippen molar-refractivity contribution in [3.05, 3.63) is 0 Å². The molecule has 12 heavy (non-hydrogen) atoms. The van der Waals surface area contributed by atoms with Gasteiger partial charge in [-0.15, -0.1) is 0 Å². The molecule has 2 rings (SSSR count). The highest BCUT2D eigenvalue weighted by molar-refractivity contribution is 4.82. The maximum atomic E-state index is 5.89. The first-order chi connectivity index (χ1) is 5.86. The Morgan fingerprint density at radius 1 is 1.25 bits per heavy atom. The fraction of sp³-hybridized carbons (Fsp3) is 1.00. The van der Waals surface area contributed by atoms with Crippen molar-refractivity contribution in [3.63, 3.8) is 0 Å². The lowest BCUT2D eigenvalue weighted by atomic mass is 10.2. The van der Waals surface area contributed by atoms with Crippen LogP contribution >= 0.6 is 0 Å². The summed E-state index contributed by atoms with van der Waals surface area (Å²) >= 11 is 0. The molecule has 0 bridgehead atoms. The van der Waals surface area contributed by atoms with Crippen molar-refractivity contribution < 1.29 is 9.47 Å². The third-order valence-corrected chi connectivity index (χ3v) is 2.76. The van der Waals surface area contributed by atoms with Crippen molar-refractivity contribution in [2.45, 2.75) is 43.9 Å². The van der Waals surface area contributed by atoms with Crippen molar-refractivity contribution in [2.24, 2.45) is 5.73 Å². The monoisotopic (exact) mass is 171 g/mol. The molecule has 1 saturated carbocycles. The molecule has 2 fully saturated rings. The Morgan fingerprint density at radius 3 is 2.75 bits per heavy atom. The molecule has 2 N–H and O–H groups in total. The van der Waals surface area contributed by atoms with Crippen LogP contribution in [0.5, 0.6) is 0 Å². The van der Waals surface area contributed by atoms with Gasteiger partial charge in [0, 0.05) is 12.6 Å². The summed E-state index contributed by atoms with van der Waals surface area (Å²) in [4.78, 5) is 0. The van der Waals surface area contributed by atoms with E-state index in [0.29, 0.717) is 12.2 Å². The van der Waals surface area contributed by atoms with Gasteiger partial charge in [0.2, 0.25) is 0 Å². The Morgan fingerprint density at radius 2 is 2.17 bits per heavy atom. The Kier molecular flexibility index (Phi) is 2.63. The highest BCUT2D eigenvalue weighted by Crippen LogP contribution is 2.23. The summed E-state index contributed by atoms with van der Waals surface area (Å²) in [6.45, 7) is 1.62. The van der Waals surface area contributed by atoms with Crippen LogP contribution in [0.4, 0.5) is 0 Å². The molecule has 3 unspecified atom stereocenters. The molecule has 1 saturated heterocycles. The second kappa shape index (κ2) is 3.73. The maximum Gasteiger partial charge on any atom is 0.0834 e. The Balaban J connectivity index is 1.77. The molecule has 1 aliphatic carbocycles. The van der Waals surface area contributed by atoms with E-state index in [4.69, 9.17) is 15.2 Å². The van der Waals surface area contributed by atoms with Gasteiger partial charge in [0.25, 0.3) is 0 Å². The van der Waals surface area contributed by atoms with Gasteiger partial charge in [-0.05, 0) is 25.7 Å². The predicted octanol–water partition coefficient (Wildman–Crippen LogP) is 0.672. The van der Waals surface area contributed by atoms with Crippen LogP contribution in [0.1, 0.15) is 25.7 Å². The van der Waals surface area contributed by atoms with E-state index in [-0.39, 0.29) is 6.04 Å². The lowest BCUT2D eigenvalue weighted by Crippen LogP contribution is -2.34. The number of hydrogen-bond acceptors (Lipinski definition) is 3. The van der Waals surface area contributed by atoms with Crippen LogP contribution in [0.25, 0.3) is 0 Å². The molecule has 1 aliphatic heterocycles. The van der Waals surface area contributed by atoms with E-state index in [1.807, 2.05) is 0 Å². The lowest BCUT2D eigenvalue weighted by Gasteiger charge is -2.20. The van der Waals surface area contributed by atoms with Crippen LogP contribution in [-0.2, 0) is 9.47 Å². The van der Waals surface area contributed by atoms with Gasteiger partial charge in [-0.3, -0.25) is 0 Å². The van der Waals surface area contributed by atoms with E-state index >= 15 is 0 Å². The summed E-state index contributed by atoms with van der Waals surface area (Å²) in [6.07, 6.45) is 5.15. The maximum absolute atomic E-state index is 5.89. The van der Waals surface area contributed by atoms with Crippen LogP contribution in [0.2, 0.25) is 0 Å². The van der Waals surface area contributed by atoms with Gasteiger partial charge in [0.05, 0.1) is 18.8 Å². The van der Waals surface area contributed by atoms with Crippen molar-refractivity contribution >= 4 is 0 Å². The quantitative estimate of drug-likeness (QED) is 0.664. The minimum Gasteiger partial charge on any atom is -0.379 e. The third-order valence-electron chi connectivity index (χ3n) is 2.76. The van der Waals surface area contributed by atoms with Crippen LogP contribution in [0.15, 0.2) is 0 Å². The minimum absolute atomic E-state index is 0.269. The molecule has 0 aromatic rings. The molecule has 0 aromatic heterocycles. The van der Waals surface area contributed by atoms with E-state index in [0.717, 1.165) is 32.5 Å². The molecule has 3 heteroatoms. The first kappa shape index (κ1) is 8.48. The molecule has 3 atom stereocenters. The van der Waals surface area contributed by atoms with Gasteiger partial charge in [-0.25, -0.2) is 0 Å². The summed E-state index contributed by atoms with van der Waals surface area (Å²) in [5.74, 6) is 0. The first-order valence-electron chi connectivity index (χ1n) is 4.85. The van der Waals surface area contributed by atoms with Gasteiger partial charge < -0.3 is 15.2 Å². The summed E-state index contributed by atoms with van der Waals surface area (Å²) in [5, 5.41) is 0. The van der Waals surface area contributed by atoms with Gasteiger partial charge in [0.15, 0.2) is 0 Å². The van der Waals surface area contributed by atoms with E-state index in [9.17, 15) is 0 Å². The Bertz CT molecular complexity index is 145. The normalized spacial score (nSPS) is 42.2. The fourth-order valence-corrected chi connectivity index (χ4v) is 1.99. The largest absolute Gasteiger partial charge is 0.379 e. The molecule has 1 heterocycles. The van der Waals surface area contributed by atoms with Gasteiger partial charge >= 0.3 is 0 Å². The number of hydrogen-bond donors (Lipinski definition) is 1. The molecule has 70 valence electrons. The molecule has 0 amide bonds.